The van der Waals surface area contributed by atoms with Gasteiger partial charge in [-0.25, -0.2) is 0 Å². The highest BCUT2D eigenvalue weighted by molar-refractivity contribution is 6.31. The maximum atomic E-state index is 7.30. The van der Waals surface area contributed by atoms with Crippen LogP contribution >= 0.6 is 11.6 Å². The largest absolute Gasteiger partial charge is 0.388 e. The Bertz CT molecular complexity index is 427. The number of hydrogen-bond donors (Lipinski definition) is 2. The number of amidine groups is 1. The standard InChI is InChI=1S/C13H24ClN5/c1-4-10-13(14)11(19(6-3)17-10)9-18(5-2)8-7-12(15)16/h4-9H2,1-3H3,(H3,15,16). The molecule has 0 fully saturated rings. The van der Waals surface area contributed by atoms with Crippen LogP contribution in [0.15, 0.2) is 0 Å². The van der Waals surface area contributed by atoms with Crippen LogP contribution < -0.4 is 5.73 Å². The molecule has 1 aromatic heterocycles. The van der Waals surface area contributed by atoms with E-state index in [4.69, 9.17) is 22.7 Å². The van der Waals surface area contributed by atoms with Crippen molar-refractivity contribution in [2.24, 2.45) is 5.73 Å². The summed E-state index contributed by atoms with van der Waals surface area (Å²) in [5.74, 6) is 0.225. The molecule has 0 amide bonds. The number of aromatic nitrogens is 2. The quantitative estimate of drug-likeness (QED) is 0.568. The van der Waals surface area contributed by atoms with Gasteiger partial charge in [0.25, 0.3) is 0 Å². The van der Waals surface area contributed by atoms with Crippen LogP contribution in [0.4, 0.5) is 0 Å². The van der Waals surface area contributed by atoms with E-state index in [9.17, 15) is 0 Å². The van der Waals surface area contributed by atoms with Crippen LogP contribution in [0.5, 0.6) is 0 Å². The van der Waals surface area contributed by atoms with Gasteiger partial charge in [0.1, 0.15) is 0 Å². The molecule has 0 aliphatic carbocycles. The lowest BCUT2D eigenvalue weighted by Crippen LogP contribution is -2.28. The van der Waals surface area contributed by atoms with Gasteiger partial charge in [-0.3, -0.25) is 15.0 Å². The van der Waals surface area contributed by atoms with Crippen molar-refractivity contribution in [3.05, 3.63) is 16.4 Å². The van der Waals surface area contributed by atoms with Crippen LogP contribution in [0.2, 0.25) is 5.02 Å². The molecule has 1 rings (SSSR count). The summed E-state index contributed by atoms with van der Waals surface area (Å²) in [4.78, 5) is 2.23. The average Bonchev–Trinajstić information content (AvgIpc) is 2.70. The van der Waals surface area contributed by atoms with Gasteiger partial charge in [-0.15, -0.1) is 0 Å². The number of nitrogens with zero attached hydrogens (tertiary/aromatic N) is 3. The van der Waals surface area contributed by atoms with E-state index in [1.54, 1.807) is 0 Å². The van der Waals surface area contributed by atoms with Crippen molar-refractivity contribution in [1.82, 2.24) is 14.7 Å². The molecule has 0 saturated carbocycles. The first-order valence-corrected chi connectivity index (χ1v) is 7.20. The fourth-order valence-corrected chi connectivity index (χ4v) is 2.34. The number of hydrogen-bond acceptors (Lipinski definition) is 3. The maximum absolute atomic E-state index is 7.30. The highest BCUT2D eigenvalue weighted by Crippen LogP contribution is 2.23. The molecule has 0 aromatic carbocycles. The predicted octanol–water partition coefficient (Wildman–Crippen LogP) is 2.27. The predicted molar refractivity (Wildman–Crippen MR) is 79.8 cm³/mol. The van der Waals surface area contributed by atoms with Gasteiger partial charge in [0, 0.05) is 26.1 Å². The van der Waals surface area contributed by atoms with Gasteiger partial charge in [-0.2, -0.15) is 5.10 Å². The van der Waals surface area contributed by atoms with Crippen molar-refractivity contribution in [1.29, 1.82) is 5.41 Å². The molecule has 5 nitrogen and oxygen atoms in total. The molecule has 0 saturated heterocycles. The first-order chi connectivity index (χ1) is 9.03. The molecular weight excluding hydrogens is 262 g/mol. The maximum Gasteiger partial charge on any atom is 0.0918 e. The molecule has 0 aliphatic heterocycles. The number of nitrogens with two attached hydrogens (primary N) is 1. The van der Waals surface area contributed by atoms with Crippen molar-refractivity contribution in [2.75, 3.05) is 13.1 Å². The summed E-state index contributed by atoms with van der Waals surface area (Å²) in [5.41, 5.74) is 7.43. The Morgan fingerprint density at radius 3 is 2.58 bits per heavy atom. The molecule has 0 bridgehead atoms. The van der Waals surface area contributed by atoms with E-state index in [0.29, 0.717) is 6.42 Å². The Labute approximate surface area is 120 Å². The lowest BCUT2D eigenvalue weighted by Gasteiger charge is -2.20. The van der Waals surface area contributed by atoms with E-state index in [0.717, 1.165) is 49.0 Å². The van der Waals surface area contributed by atoms with Gasteiger partial charge in [0.15, 0.2) is 0 Å². The third kappa shape index (κ3) is 4.21. The monoisotopic (exact) mass is 285 g/mol. The van der Waals surface area contributed by atoms with Crippen LogP contribution in [0.1, 0.15) is 38.6 Å². The molecule has 19 heavy (non-hydrogen) atoms. The molecule has 1 aromatic rings. The number of halogens is 1. The average molecular weight is 286 g/mol. The third-order valence-electron chi connectivity index (χ3n) is 3.21. The smallest absolute Gasteiger partial charge is 0.0918 e. The fourth-order valence-electron chi connectivity index (χ4n) is 2.01. The number of rotatable bonds is 8. The summed E-state index contributed by atoms with van der Waals surface area (Å²) in [5, 5.41) is 12.6. The zero-order valence-corrected chi connectivity index (χ0v) is 12.8. The minimum Gasteiger partial charge on any atom is -0.388 e. The molecule has 0 atom stereocenters. The zero-order valence-electron chi connectivity index (χ0n) is 12.0. The fraction of sp³-hybridized carbons (Fsp3) is 0.692. The van der Waals surface area contributed by atoms with Crippen LogP contribution in [0, 0.1) is 5.41 Å². The van der Waals surface area contributed by atoms with Crippen molar-refractivity contribution in [3.8, 4) is 0 Å². The second kappa shape index (κ2) is 7.50. The first kappa shape index (κ1) is 16.0. The Morgan fingerprint density at radius 1 is 1.42 bits per heavy atom. The Kier molecular flexibility index (Phi) is 6.31. The topological polar surface area (TPSA) is 70.9 Å². The van der Waals surface area contributed by atoms with Gasteiger partial charge in [-0.05, 0) is 19.9 Å². The molecule has 0 spiro atoms. The van der Waals surface area contributed by atoms with Crippen LogP contribution in [0.25, 0.3) is 0 Å². The summed E-state index contributed by atoms with van der Waals surface area (Å²) in [6, 6.07) is 0. The summed E-state index contributed by atoms with van der Waals surface area (Å²) < 4.78 is 1.97. The van der Waals surface area contributed by atoms with E-state index in [-0.39, 0.29) is 5.84 Å². The van der Waals surface area contributed by atoms with E-state index in [1.165, 1.54) is 0 Å². The molecule has 0 unspecified atom stereocenters. The van der Waals surface area contributed by atoms with E-state index in [1.807, 2.05) is 4.68 Å². The van der Waals surface area contributed by atoms with Crippen molar-refractivity contribution in [3.63, 3.8) is 0 Å². The van der Waals surface area contributed by atoms with Gasteiger partial charge < -0.3 is 5.73 Å². The molecular formula is C13H24ClN5. The van der Waals surface area contributed by atoms with Gasteiger partial charge >= 0.3 is 0 Å². The lowest BCUT2D eigenvalue weighted by atomic mass is 10.2. The normalized spacial score (nSPS) is 11.2. The van der Waals surface area contributed by atoms with Crippen LogP contribution in [0.3, 0.4) is 0 Å². The molecule has 108 valence electrons. The third-order valence-corrected chi connectivity index (χ3v) is 3.65. The first-order valence-electron chi connectivity index (χ1n) is 6.82. The van der Waals surface area contributed by atoms with E-state index >= 15 is 0 Å². The van der Waals surface area contributed by atoms with Crippen LogP contribution in [-0.4, -0.2) is 33.6 Å². The summed E-state index contributed by atoms with van der Waals surface area (Å²) >= 11 is 6.40. The number of nitrogens with one attached hydrogen (secondary N) is 1. The van der Waals surface area contributed by atoms with Crippen molar-refractivity contribution < 1.29 is 0 Å². The van der Waals surface area contributed by atoms with Gasteiger partial charge in [0.05, 0.1) is 22.2 Å². The van der Waals surface area contributed by atoms with Crippen molar-refractivity contribution in [2.45, 2.75) is 46.7 Å². The zero-order chi connectivity index (χ0) is 14.4. The van der Waals surface area contributed by atoms with E-state index < -0.39 is 0 Å². The Balaban J connectivity index is 2.83. The summed E-state index contributed by atoms with van der Waals surface area (Å²) in [7, 11) is 0. The van der Waals surface area contributed by atoms with Gasteiger partial charge in [0.2, 0.25) is 0 Å². The SMILES string of the molecule is CCc1nn(CC)c(CN(CC)CCC(=N)N)c1Cl. The lowest BCUT2D eigenvalue weighted by molar-refractivity contribution is 0.278. The number of aryl methyl sites for hydroxylation is 2. The molecule has 6 heteroatoms. The highest BCUT2D eigenvalue weighted by Gasteiger charge is 2.16. The van der Waals surface area contributed by atoms with Crippen LogP contribution in [-0.2, 0) is 19.5 Å². The molecule has 0 aliphatic rings. The summed E-state index contributed by atoms with van der Waals surface area (Å²) in [6.07, 6.45) is 1.44. The summed E-state index contributed by atoms with van der Waals surface area (Å²) in [6.45, 7) is 9.48. The molecule has 0 radical (unpaired) electrons. The minimum absolute atomic E-state index is 0.225. The van der Waals surface area contributed by atoms with Crippen molar-refractivity contribution >= 4 is 17.4 Å². The highest BCUT2D eigenvalue weighted by atomic mass is 35.5. The molecule has 1 heterocycles. The van der Waals surface area contributed by atoms with E-state index in [2.05, 4.69) is 30.8 Å². The second-order valence-corrected chi connectivity index (χ2v) is 4.90. The van der Waals surface area contributed by atoms with Gasteiger partial charge in [-0.1, -0.05) is 25.4 Å². The molecule has 3 N–H and O–H groups in total. The second-order valence-electron chi connectivity index (χ2n) is 4.52. The minimum atomic E-state index is 0.225. The Hall–Kier alpha value is -1.07. The Morgan fingerprint density at radius 2 is 2.11 bits per heavy atom.